The molecule has 3 nitrogen and oxygen atoms in total. The first-order chi connectivity index (χ1) is 17.1. The molecule has 0 heterocycles. The maximum atomic E-state index is 11.7. The van der Waals surface area contributed by atoms with E-state index in [0.717, 1.165) is 28.2 Å². The fourth-order valence-corrected chi connectivity index (χ4v) is 4.05. The number of para-hydroxylation sites is 1. The summed E-state index contributed by atoms with van der Waals surface area (Å²) in [5, 5.41) is 2.42. The van der Waals surface area contributed by atoms with E-state index in [1.807, 2.05) is 18.2 Å². The number of benzene rings is 5. The van der Waals surface area contributed by atoms with Crippen LogP contribution in [0.5, 0.6) is 5.75 Å². The van der Waals surface area contributed by atoms with E-state index in [-0.39, 0.29) is 0 Å². The van der Waals surface area contributed by atoms with Gasteiger partial charge in [-0.2, -0.15) is 0 Å². The van der Waals surface area contributed by atoms with Crippen molar-refractivity contribution < 1.29 is 9.53 Å². The van der Waals surface area contributed by atoms with Crippen LogP contribution in [-0.2, 0) is 4.79 Å². The lowest BCUT2D eigenvalue weighted by molar-refractivity contribution is -0.130. The second-order valence-corrected chi connectivity index (χ2v) is 8.44. The van der Waals surface area contributed by atoms with Crippen molar-refractivity contribution in [3.05, 3.63) is 133 Å². The number of fused-ring (bicyclic) bond motifs is 1. The van der Waals surface area contributed by atoms with Crippen molar-refractivity contribution in [2.45, 2.75) is 6.92 Å². The molecule has 5 aromatic rings. The molecule has 0 aliphatic carbocycles. The Hall–Kier alpha value is -4.63. The Bertz CT molecular complexity index is 1490. The first kappa shape index (κ1) is 22.2. The normalized spacial score (nSPS) is 10.7. The molecule has 5 rings (SSSR count). The average Bonchev–Trinajstić information content (AvgIpc) is 2.90. The van der Waals surface area contributed by atoms with Crippen LogP contribution in [-0.4, -0.2) is 5.97 Å². The van der Waals surface area contributed by atoms with E-state index in [9.17, 15) is 4.79 Å². The number of hydrogen-bond donors (Lipinski definition) is 0. The second kappa shape index (κ2) is 9.70. The van der Waals surface area contributed by atoms with Crippen LogP contribution >= 0.6 is 0 Å². The van der Waals surface area contributed by atoms with Gasteiger partial charge in [0.15, 0.2) is 0 Å². The third kappa shape index (κ3) is 4.85. The number of esters is 1. The van der Waals surface area contributed by atoms with Crippen LogP contribution in [0.15, 0.2) is 133 Å². The van der Waals surface area contributed by atoms with Gasteiger partial charge in [0.2, 0.25) is 0 Å². The number of rotatable bonds is 6. The van der Waals surface area contributed by atoms with Crippen molar-refractivity contribution in [1.82, 2.24) is 0 Å². The molecule has 0 aliphatic heterocycles. The summed E-state index contributed by atoms with van der Waals surface area (Å²) in [6, 6.07) is 41.3. The lowest BCUT2D eigenvalue weighted by Gasteiger charge is -2.26. The van der Waals surface area contributed by atoms with Gasteiger partial charge in [0.25, 0.3) is 0 Å². The number of ether oxygens (including phenoxy) is 1. The highest BCUT2D eigenvalue weighted by Gasteiger charge is 2.13. The number of hydrogen-bond acceptors (Lipinski definition) is 3. The van der Waals surface area contributed by atoms with Gasteiger partial charge >= 0.3 is 5.97 Å². The molecule has 0 amide bonds. The minimum atomic E-state index is -0.420. The second-order valence-electron chi connectivity index (χ2n) is 8.44. The molecule has 3 heteroatoms. The summed E-state index contributed by atoms with van der Waals surface area (Å²) in [5.41, 5.74) is 5.77. The van der Waals surface area contributed by atoms with Crippen molar-refractivity contribution >= 4 is 33.8 Å². The zero-order chi connectivity index (χ0) is 24.2. The molecule has 0 unspecified atom stereocenters. The molecule has 0 spiro atoms. The Kier molecular flexibility index (Phi) is 6.15. The van der Waals surface area contributed by atoms with Gasteiger partial charge in [-0.3, -0.25) is 0 Å². The van der Waals surface area contributed by atoms with Crippen LogP contribution in [0.2, 0.25) is 0 Å². The Morgan fingerprint density at radius 3 is 1.83 bits per heavy atom. The largest absolute Gasteiger partial charge is 0.423 e. The van der Waals surface area contributed by atoms with E-state index in [1.165, 1.54) is 10.8 Å². The standard InChI is InChI=1S/C32H25NO2/c1-23(2)32(34)35-31-20-15-26(16-21-31)25-12-17-29(18-13-25)33(28-10-4-3-5-11-28)30-19-14-24-8-6-7-9-27(24)22-30/h3-22H,1H2,2H3. The van der Waals surface area contributed by atoms with E-state index in [1.54, 1.807) is 19.1 Å². The summed E-state index contributed by atoms with van der Waals surface area (Å²) in [7, 11) is 0. The fraction of sp³-hybridized carbons (Fsp3) is 0.0312. The van der Waals surface area contributed by atoms with Crippen molar-refractivity contribution in [3.63, 3.8) is 0 Å². The summed E-state index contributed by atoms with van der Waals surface area (Å²) in [6.45, 7) is 5.25. The molecular formula is C32H25NO2. The predicted octanol–water partition coefficient (Wildman–Crippen LogP) is 8.46. The van der Waals surface area contributed by atoms with Gasteiger partial charge in [-0.1, -0.05) is 79.4 Å². The van der Waals surface area contributed by atoms with Crippen LogP contribution < -0.4 is 9.64 Å². The molecule has 0 N–H and O–H groups in total. The Balaban J connectivity index is 1.47. The Labute approximate surface area is 205 Å². The van der Waals surface area contributed by atoms with E-state index in [0.29, 0.717) is 11.3 Å². The molecule has 0 saturated carbocycles. The molecule has 0 bridgehead atoms. The fourth-order valence-electron chi connectivity index (χ4n) is 4.05. The number of carbonyl (C=O) groups excluding carboxylic acids is 1. The summed E-state index contributed by atoms with van der Waals surface area (Å²) in [5.74, 6) is 0.0849. The highest BCUT2D eigenvalue weighted by molar-refractivity contribution is 5.90. The molecule has 5 aromatic carbocycles. The average molecular weight is 456 g/mol. The molecule has 35 heavy (non-hydrogen) atoms. The van der Waals surface area contributed by atoms with Crippen LogP contribution in [0.4, 0.5) is 17.1 Å². The summed E-state index contributed by atoms with van der Waals surface area (Å²) < 4.78 is 5.30. The highest BCUT2D eigenvalue weighted by Crippen LogP contribution is 2.37. The van der Waals surface area contributed by atoms with Gasteiger partial charge in [0.1, 0.15) is 5.75 Å². The summed E-state index contributed by atoms with van der Waals surface area (Å²) in [6.07, 6.45) is 0. The maximum absolute atomic E-state index is 11.7. The monoisotopic (exact) mass is 455 g/mol. The number of anilines is 3. The SMILES string of the molecule is C=C(C)C(=O)Oc1ccc(-c2ccc(N(c3ccccc3)c3ccc4ccccc4c3)cc2)cc1. The predicted molar refractivity (Wildman–Crippen MR) is 145 cm³/mol. The topological polar surface area (TPSA) is 29.5 Å². The van der Waals surface area contributed by atoms with Gasteiger partial charge in [-0.15, -0.1) is 0 Å². The molecule has 0 aromatic heterocycles. The van der Waals surface area contributed by atoms with Gasteiger partial charge in [0, 0.05) is 22.6 Å². The van der Waals surface area contributed by atoms with Crippen molar-refractivity contribution in [3.8, 4) is 16.9 Å². The lowest BCUT2D eigenvalue weighted by atomic mass is 10.0. The van der Waals surface area contributed by atoms with Crippen molar-refractivity contribution in [2.75, 3.05) is 4.90 Å². The van der Waals surface area contributed by atoms with Crippen molar-refractivity contribution in [1.29, 1.82) is 0 Å². The molecule has 0 fully saturated rings. The summed E-state index contributed by atoms with van der Waals surface area (Å²) in [4.78, 5) is 14.0. The minimum absolute atomic E-state index is 0.374. The van der Waals surface area contributed by atoms with E-state index < -0.39 is 5.97 Å². The first-order valence-electron chi connectivity index (χ1n) is 11.5. The van der Waals surface area contributed by atoms with Gasteiger partial charge in [-0.25, -0.2) is 4.79 Å². The van der Waals surface area contributed by atoms with Gasteiger partial charge < -0.3 is 9.64 Å². The Morgan fingerprint density at radius 2 is 1.17 bits per heavy atom. The summed E-state index contributed by atoms with van der Waals surface area (Å²) >= 11 is 0. The molecular weight excluding hydrogens is 430 g/mol. The van der Waals surface area contributed by atoms with E-state index in [4.69, 9.17) is 4.74 Å². The highest BCUT2D eigenvalue weighted by atomic mass is 16.5. The van der Waals surface area contributed by atoms with E-state index >= 15 is 0 Å². The quantitative estimate of drug-likeness (QED) is 0.146. The lowest BCUT2D eigenvalue weighted by Crippen LogP contribution is -2.09. The van der Waals surface area contributed by atoms with Crippen LogP contribution in [0.3, 0.4) is 0 Å². The van der Waals surface area contributed by atoms with E-state index in [2.05, 4.69) is 102 Å². The van der Waals surface area contributed by atoms with Crippen LogP contribution in [0.25, 0.3) is 21.9 Å². The maximum Gasteiger partial charge on any atom is 0.338 e. The molecule has 0 saturated heterocycles. The first-order valence-corrected chi connectivity index (χ1v) is 11.5. The number of carbonyl (C=O) groups is 1. The number of nitrogens with zero attached hydrogens (tertiary/aromatic N) is 1. The van der Waals surface area contributed by atoms with Gasteiger partial charge in [-0.05, 0) is 77.4 Å². The molecule has 170 valence electrons. The zero-order valence-electron chi connectivity index (χ0n) is 19.5. The molecule has 0 atom stereocenters. The zero-order valence-corrected chi connectivity index (χ0v) is 19.5. The third-order valence-corrected chi connectivity index (χ3v) is 5.88. The molecule has 0 aliphatic rings. The smallest absolute Gasteiger partial charge is 0.338 e. The van der Waals surface area contributed by atoms with Crippen molar-refractivity contribution in [2.24, 2.45) is 0 Å². The molecule has 0 radical (unpaired) electrons. The van der Waals surface area contributed by atoms with Crippen LogP contribution in [0.1, 0.15) is 6.92 Å². The third-order valence-electron chi connectivity index (χ3n) is 5.88. The van der Waals surface area contributed by atoms with Gasteiger partial charge in [0.05, 0.1) is 0 Å². The Morgan fingerprint density at radius 1 is 0.629 bits per heavy atom. The minimum Gasteiger partial charge on any atom is -0.423 e. The van der Waals surface area contributed by atoms with Crippen LogP contribution in [0, 0.1) is 0 Å².